The Morgan fingerprint density at radius 3 is 2.34 bits per heavy atom. The van der Waals surface area contributed by atoms with E-state index in [4.69, 9.17) is 4.74 Å². The third-order valence-electron chi connectivity index (χ3n) is 8.38. The van der Waals surface area contributed by atoms with Crippen LogP contribution in [0.4, 0.5) is 8.78 Å². The molecule has 190 valence electrons. The summed E-state index contributed by atoms with van der Waals surface area (Å²) in [5, 5.41) is 31.1. The maximum absolute atomic E-state index is 13.8. The monoisotopic (exact) mass is 504 g/mol. The molecule has 0 amide bonds. The second kappa shape index (κ2) is 9.42. The summed E-state index contributed by atoms with van der Waals surface area (Å²) in [6, 6.07) is 14.4. The van der Waals surface area contributed by atoms with Gasteiger partial charge in [0.15, 0.2) is 0 Å². The summed E-state index contributed by atoms with van der Waals surface area (Å²) in [5.74, 6) is -2.41. The minimum Gasteiger partial charge on any atom is -0.387 e. The van der Waals surface area contributed by atoms with Crippen molar-refractivity contribution < 1.29 is 28.8 Å². The summed E-state index contributed by atoms with van der Waals surface area (Å²) in [5.41, 5.74) is 4.73. The molecular formula is C28H34F2O4S. The largest absolute Gasteiger partial charge is 0.387 e. The predicted octanol–water partition coefficient (Wildman–Crippen LogP) is 4.76. The summed E-state index contributed by atoms with van der Waals surface area (Å²) < 4.78 is 33.5. The molecule has 3 N–H and O–H groups in total. The Morgan fingerprint density at radius 2 is 1.69 bits per heavy atom. The average Bonchev–Trinajstić information content (AvgIpc) is 3.56. The molecule has 1 aliphatic heterocycles. The van der Waals surface area contributed by atoms with E-state index in [9.17, 15) is 24.1 Å². The molecule has 2 aromatic carbocycles. The van der Waals surface area contributed by atoms with Crippen LogP contribution in [0.1, 0.15) is 66.5 Å². The maximum atomic E-state index is 13.8. The number of halogens is 2. The van der Waals surface area contributed by atoms with E-state index in [1.807, 2.05) is 18.2 Å². The number of hydrogen-bond acceptors (Lipinski definition) is 5. The van der Waals surface area contributed by atoms with E-state index in [0.717, 1.165) is 29.5 Å². The van der Waals surface area contributed by atoms with Crippen molar-refractivity contribution in [2.75, 3.05) is 6.26 Å². The first-order valence-electron chi connectivity index (χ1n) is 12.5. The fourth-order valence-corrected chi connectivity index (χ4v) is 6.82. The van der Waals surface area contributed by atoms with Crippen LogP contribution in [-0.2, 0) is 23.0 Å². The van der Waals surface area contributed by atoms with Crippen molar-refractivity contribution in [3.05, 3.63) is 70.3 Å². The van der Waals surface area contributed by atoms with Crippen LogP contribution in [0.15, 0.2) is 42.5 Å². The van der Waals surface area contributed by atoms with Gasteiger partial charge in [-0.1, -0.05) is 49.4 Å². The predicted molar refractivity (Wildman–Crippen MR) is 133 cm³/mol. The maximum Gasteiger partial charge on any atom is 0.248 e. The van der Waals surface area contributed by atoms with Crippen LogP contribution in [0, 0.1) is 5.92 Å². The molecule has 7 atom stereocenters. The van der Waals surface area contributed by atoms with Crippen molar-refractivity contribution in [3.63, 3.8) is 0 Å². The molecule has 2 aromatic rings. The van der Waals surface area contributed by atoms with Crippen molar-refractivity contribution in [2.45, 2.75) is 86.6 Å². The molecule has 2 saturated carbocycles. The topological polar surface area (TPSA) is 69.9 Å². The van der Waals surface area contributed by atoms with Gasteiger partial charge in [-0.25, -0.2) is 8.78 Å². The molecule has 0 radical (unpaired) electrons. The first-order valence-corrected chi connectivity index (χ1v) is 13.8. The number of ether oxygens (including phenoxy) is 1. The van der Waals surface area contributed by atoms with Gasteiger partial charge in [0.2, 0.25) is 5.92 Å². The van der Waals surface area contributed by atoms with Crippen LogP contribution >= 0.6 is 11.8 Å². The minimum absolute atomic E-state index is 0.0135. The second-order valence-electron chi connectivity index (χ2n) is 10.5. The van der Waals surface area contributed by atoms with Gasteiger partial charge in [0.05, 0.1) is 0 Å². The zero-order valence-corrected chi connectivity index (χ0v) is 21.0. The molecule has 0 aromatic heterocycles. The van der Waals surface area contributed by atoms with Gasteiger partial charge in [-0.2, -0.15) is 0 Å². The van der Waals surface area contributed by atoms with E-state index >= 15 is 0 Å². The molecule has 35 heavy (non-hydrogen) atoms. The van der Waals surface area contributed by atoms with Crippen molar-refractivity contribution in [1.29, 1.82) is 0 Å². The van der Waals surface area contributed by atoms with Crippen molar-refractivity contribution in [1.82, 2.24) is 0 Å². The smallest absolute Gasteiger partial charge is 0.248 e. The van der Waals surface area contributed by atoms with Crippen LogP contribution in [0.2, 0.25) is 0 Å². The van der Waals surface area contributed by atoms with Gasteiger partial charge < -0.3 is 20.1 Å². The Balaban J connectivity index is 1.35. The van der Waals surface area contributed by atoms with Crippen LogP contribution in [0.3, 0.4) is 0 Å². The Morgan fingerprint density at radius 1 is 0.943 bits per heavy atom. The molecule has 5 rings (SSSR count). The number of rotatable bonds is 6. The number of aliphatic hydroxyl groups is 3. The van der Waals surface area contributed by atoms with Gasteiger partial charge in [0.1, 0.15) is 29.9 Å². The molecular weight excluding hydrogens is 470 g/mol. The van der Waals surface area contributed by atoms with E-state index in [0.29, 0.717) is 12.8 Å². The summed E-state index contributed by atoms with van der Waals surface area (Å²) >= 11 is 1.30. The van der Waals surface area contributed by atoms with Gasteiger partial charge in [-0.3, -0.25) is 0 Å². The molecule has 3 unspecified atom stereocenters. The number of benzene rings is 2. The highest BCUT2D eigenvalue weighted by Crippen LogP contribution is 2.65. The van der Waals surface area contributed by atoms with Gasteiger partial charge in [0.25, 0.3) is 0 Å². The summed E-state index contributed by atoms with van der Waals surface area (Å²) in [6.45, 7) is 2.10. The fourth-order valence-electron chi connectivity index (χ4n) is 6.15. The SMILES string of the molecule is CCc1ccc(C2O[C@H](SC)[C@@H](O)[C@H](O)[C@H]2O)cc1Cc1ccc(C23CCC(F)(F)CC2C3)cc1. The molecule has 1 saturated heterocycles. The molecule has 2 aliphatic carbocycles. The van der Waals surface area contributed by atoms with E-state index in [2.05, 4.69) is 31.2 Å². The highest BCUT2D eigenvalue weighted by Gasteiger charge is 2.61. The fraction of sp³-hybridized carbons (Fsp3) is 0.571. The lowest BCUT2D eigenvalue weighted by Crippen LogP contribution is -2.52. The standard InChI is InChI=1S/C28H34F2O4S/c1-3-17-6-7-18(25-23(32)22(31)24(33)26(34-25)35-2)13-19(17)12-16-4-8-20(9-5-16)27-10-11-28(29,30)15-21(27)14-27/h4-9,13,21-26,31-33H,3,10-12,14-15H2,1-2H3/t21?,22-,23-,24+,25?,26-,27?/m1/s1. The third kappa shape index (κ3) is 4.66. The lowest BCUT2D eigenvalue weighted by Gasteiger charge is -2.40. The van der Waals surface area contributed by atoms with E-state index in [1.54, 1.807) is 6.26 Å². The highest BCUT2D eigenvalue weighted by atomic mass is 32.2. The molecule has 0 bridgehead atoms. The van der Waals surface area contributed by atoms with Gasteiger partial charge in [0, 0.05) is 12.8 Å². The number of alkyl halides is 2. The zero-order chi connectivity index (χ0) is 25.0. The van der Waals surface area contributed by atoms with Crippen LogP contribution in [0.5, 0.6) is 0 Å². The molecule has 0 spiro atoms. The van der Waals surface area contributed by atoms with Crippen LogP contribution < -0.4 is 0 Å². The van der Waals surface area contributed by atoms with E-state index in [1.165, 1.54) is 22.9 Å². The molecule has 3 aliphatic rings. The number of thioether (sulfide) groups is 1. The summed E-state index contributed by atoms with van der Waals surface area (Å²) in [6.07, 6.45) is 0.404. The zero-order valence-electron chi connectivity index (χ0n) is 20.2. The molecule has 4 nitrogen and oxygen atoms in total. The third-order valence-corrected chi connectivity index (χ3v) is 9.23. The Kier molecular flexibility index (Phi) is 6.77. The number of aliphatic hydroxyl groups excluding tert-OH is 3. The van der Waals surface area contributed by atoms with Crippen molar-refractivity contribution >= 4 is 11.8 Å². The minimum atomic E-state index is -2.51. The van der Waals surface area contributed by atoms with Crippen molar-refractivity contribution in [2.24, 2.45) is 5.92 Å². The number of fused-ring (bicyclic) bond motifs is 1. The van der Waals surface area contributed by atoms with Crippen LogP contribution in [-0.4, -0.2) is 51.2 Å². The van der Waals surface area contributed by atoms with Crippen molar-refractivity contribution in [3.8, 4) is 0 Å². The van der Waals surface area contributed by atoms with Gasteiger partial charge in [-0.05, 0) is 71.1 Å². The quantitative estimate of drug-likeness (QED) is 0.529. The number of aryl methyl sites for hydroxylation is 1. The average molecular weight is 505 g/mol. The Labute approximate surface area is 209 Å². The highest BCUT2D eigenvalue weighted by molar-refractivity contribution is 7.99. The van der Waals surface area contributed by atoms with E-state index < -0.39 is 35.8 Å². The lowest BCUT2D eigenvalue weighted by atomic mass is 9.81. The van der Waals surface area contributed by atoms with E-state index in [-0.39, 0.29) is 24.2 Å². The normalized spacial score (nSPS) is 36.0. The molecule has 7 heteroatoms. The summed E-state index contributed by atoms with van der Waals surface area (Å²) in [4.78, 5) is 0. The first kappa shape index (κ1) is 25.2. The van der Waals surface area contributed by atoms with Gasteiger partial charge >= 0.3 is 0 Å². The Hall–Kier alpha value is -1.51. The second-order valence-corrected chi connectivity index (χ2v) is 11.4. The molecule has 3 fully saturated rings. The number of hydrogen-bond donors (Lipinski definition) is 3. The summed E-state index contributed by atoms with van der Waals surface area (Å²) in [7, 11) is 0. The van der Waals surface area contributed by atoms with Crippen LogP contribution in [0.25, 0.3) is 0 Å². The Bertz CT molecular complexity index is 1060. The molecule has 1 heterocycles. The lowest BCUT2D eigenvalue weighted by molar-refractivity contribution is -0.200. The van der Waals surface area contributed by atoms with Gasteiger partial charge in [-0.15, -0.1) is 11.8 Å². The first-order chi connectivity index (χ1) is 16.7.